The standard InChI is InChI=1S/C14H19NO4/c1-3-19-12-8-10(4-5-11(12)18-2)13(17)15-14(9-16)6-7-14/h4-5,8,16H,3,6-7,9H2,1-2H3,(H,15,17). The van der Waals surface area contributed by atoms with Gasteiger partial charge in [0.2, 0.25) is 0 Å². The first-order chi connectivity index (χ1) is 9.14. The molecule has 0 atom stereocenters. The Morgan fingerprint density at radius 3 is 2.68 bits per heavy atom. The number of amides is 1. The third-order valence-electron chi connectivity index (χ3n) is 3.26. The summed E-state index contributed by atoms with van der Waals surface area (Å²) in [5.74, 6) is 0.948. The van der Waals surface area contributed by atoms with E-state index in [0.29, 0.717) is 23.7 Å². The summed E-state index contributed by atoms with van der Waals surface area (Å²) in [5.41, 5.74) is 0.0898. The van der Waals surface area contributed by atoms with E-state index in [1.54, 1.807) is 25.3 Å². The molecule has 0 saturated heterocycles. The van der Waals surface area contributed by atoms with Crippen LogP contribution < -0.4 is 14.8 Å². The van der Waals surface area contributed by atoms with E-state index >= 15 is 0 Å². The fraction of sp³-hybridized carbons (Fsp3) is 0.500. The van der Waals surface area contributed by atoms with E-state index < -0.39 is 5.54 Å². The van der Waals surface area contributed by atoms with Gasteiger partial charge in [-0.05, 0) is 38.0 Å². The number of rotatable bonds is 6. The lowest BCUT2D eigenvalue weighted by Gasteiger charge is -2.15. The number of carbonyl (C=O) groups is 1. The first-order valence-corrected chi connectivity index (χ1v) is 6.38. The van der Waals surface area contributed by atoms with Gasteiger partial charge in [0.25, 0.3) is 5.91 Å². The maximum atomic E-state index is 12.1. The topological polar surface area (TPSA) is 67.8 Å². The lowest BCUT2D eigenvalue weighted by Crippen LogP contribution is -2.39. The average molecular weight is 265 g/mol. The van der Waals surface area contributed by atoms with Gasteiger partial charge >= 0.3 is 0 Å². The molecule has 104 valence electrons. The molecule has 2 rings (SSSR count). The fourth-order valence-electron chi connectivity index (χ4n) is 1.87. The molecule has 0 bridgehead atoms. The molecule has 1 aromatic rings. The van der Waals surface area contributed by atoms with Crippen molar-refractivity contribution in [3.63, 3.8) is 0 Å². The smallest absolute Gasteiger partial charge is 0.251 e. The molecule has 1 aromatic carbocycles. The third kappa shape index (κ3) is 2.98. The number of nitrogens with one attached hydrogen (secondary N) is 1. The van der Waals surface area contributed by atoms with Crippen LogP contribution in [0.5, 0.6) is 11.5 Å². The van der Waals surface area contributed by atoms with Crippen LogP contribution in [-0.4, -0.2) is 36.9 Å². The molecule has 1 fully saturated rings. The highest BCUT2D eigenvalue weighted by Gasteiger charge is 2.43. The summed E-state index contributed by atoms with van der Waals surface area (Å²) in [4.78, 5) is 12.1. The van der Waals surface area contributed by atoms with E-state index in [0.717, 1.165) is 12.8 Å². The highest BCUT2D eigenvalue weighted by Crippen LogP contribution is 2.35. The van der Waals surface area contributed by atoms with Gasteiger partial charge in [-0.2, -0.15) is 0 Å². The first-order valence-electron chi connectivity index (χ1n) is 6.38. The van der Waals surface area contributed by atoms with Gasteiger partial charge in [-0.15, -0.1) is 0 Å². The molecule has 0 unspecified atom stereocenters. The van der Waals surface area contributed by atoms with Crippen molar-refractivity contribution in [2.45, 2.75) is 25.3 Å². The molecule has 1 aliphatic carbocycles. The highest BCUT2D eigenvalue weighted by molar-refractivity contribution is 5.95. The van der Waals surface area contributed by atoms with E-state index in [4.69, 9.17) is 9.47 Å². The van der Waals surface area contributed by atoms with Crippen molar-refractivity contribution in [3.05, 3.63) is 23.8 Å². The van der Waals surface area contributed by atoms with Crippen molar-refractivity contribution in [1.82, 2.24) is 5.32 Å². The number of ether oxygens (including phenoxy) is 2. The monoisotopic (exact) mass is 265 g/mol. The van der Waals surface area contributed by atoms with Crippen molar-refractivity contribution in [2.24, 2.45) is 0 Å². The van der Waals surface area contributed by atoms with Crippen molar-refractivity contribution >= 4 is 5.91 Å². The van der Waals surface area contributed by atoms with Crippen LogP contribution in [0.2, 0.25) is 0 Å². The summed E-state index contributed by atoms with van der Waals surface area (Å²) >= 11 is 0. The molecule has 5 heteroatoms. The summed E-state index contributed by atoms with van der Waals surface area (Å²) < 4.78 is 10.6. The Morgan fingerprint density at radius 1 is 1.42 bits per heavy atom. The van der Waals surface area contributed by atoms with Gasteiger partial charge in [-0.3, -0.25) is 4.79 Å². The van der Waals surface area contributed by atoms with Crippen LogP contribution in [0, 0.1) is 0 Å². The molecule has 0 radical (unpaired) electrons. The molecule has 2 N–H and O–H groups in total. The lowest BCUT2D eigenvalue weighted by atomic mass is 10.1. The van der Waals surface area contributed by atoms with E-state index in [-0.39, 0.29) is 12.5 Å². The Bertz CT molecular complexity index is 469. The van der Waals surface area contributed by atoms with E-state index in [9.17, 15) is 9.90 Å². The van der Waals surface area contributed by atoms with Crippen LogP contribution in [0.4, 0.5) is 0 Å². The zero-order chi connectivity index (χ0) is 13.9. The van der Waals surface area contributed by atoms with Crippen molar-refractivity contribution in [2.75, 3.05) is 20.3 Å². The van der Waals surface area contributed by atoms with Gasteiger partial charge in [-0.1, -0.05) is 0 Å². The van der Waals surface area contributed by atoms with Crippen LogP contribution in [0.15, 0.2) is 18.2 Å². The molecule has 0 aromatic heterocycles. The predicted molar refractivity (Wildman–Crippen MR) is 70.7 cm³/mol. The molecule has 0 heterocycles. The van der Waals surface area contributed by atoms with Gasteiger partial charge in [0.05, 0.1) is 25.9 Å². The summed E-state index contributed by atoms with van der Waals surface area (Å²) in [5, 5.41) is 12.1. The number of benzene rings is 1. The Morgan fingerprint density at radius 2 is 2.16 bits per heavy atom. The summed E-state index contributed by atoms with van der Waals surface area (Å²) in [6.07, 6.45) is 1.65. The minimum absolute atomic E-state index is 0.0206. The van der Waals surface area contributed by atoms with Gasteiger partial charge in [-0.25, -0.2) is 0 Å². The van der Waals surface area contributed by atoms with Gasteiger partial charge in [0.15, 0.2) is 11.5 Å². The largest absolute Gasteiger partial charge is 0.493 e. The number of hydrogen-bond donors (Lipinski definition) is 2. The third-order valence-corrected chi connectivity index (χ3v) is 3.26. The van der Waals surface area contributed by atoms with E-state index in [1.165, 1.54) is 0 Å². The van der Waals surface area contributed by atoms with Gasteiger partial charge < -0.3 is 19.9 Å². The Balaban J connectivity index is 2.15. The highest BCUT2D eigenvalue weighted by atomic mass is 16.5. The van der Waals surface area contributed by atoms with Crippen molar-refractivity contribution in [3.8, 4) is 11.5 Å². The minimum atomic E-state index is -0.414. The molecule has 0 aliphatic heterocycles. The predicted octanol–water partition coefficient (Wildman–Crippen LogP) is 1.35. The Labute approximate surface area is 112 Å². The van der Waals surface area contributed by atoms with Crippen LogP contribution >= 0.6 is 0 Å². The quantitative estimate of drug-likeness (QED) is 0.814. The number of aliphatic hydroxyl groups is 1. The number of methoxy groups -OCH3 is 1. The summed E-state index contributed by atoms with van der Waals surface area (Å²) in [6.45, 7) is 2.35. The van der Waals surface area contributed by atoms with Crippen LogP contribution in [0.3, 0.4) is 0 Å². The molecule has 1 amide bonds. The maximum absolute atomic E-state index is 12.1. The lowest BCUT2D eigenvalue weighted by molar-refractivity contribution is 0.0906. The van der Waals surface area contributed by atoms with Gasteiger partial charge in [0, 0.05) is 5.56 Å². The van der Waals surface area contributed by atoms with Crippen LogP contribution in [0.1, 0.15) is 30.1 Å². The van der Waals surface area contributed by atoms with Crippen molar-refractivity contribution in [1.29, 1.82) is 0 Å². The van der Waals surface area contributed by atoms with E-state index in [1.807, 2.05) is 6.92 Å². The average Bonchev–Trinajstić information content (AvgIpc) is 3.19. The summed E-state index contributed by atoms with van der Waals surface area (Å²) in [7, 11) is 1.56. The number of aliphatic hydroxyl groups excluding tert-OH is 1. The second kappa shape index (κ2) is 5.48. The van der Waals surface area contributed by atoms with E-state index in [2.05, 4.69) is 5.32 Å². The summed E-state index contributed by atoms with van der Waals surface area (Å²) in [6, 6.07) is 5.05. The molecular weight excluding hydrogens is 246 g/mol. The minimum Gasteiger partial charge on any atom is -0.493 e. The molecule has 5 nitrogen and oxygen atoms in total. The SMILES string of the molecule is CCOc1cc(C(=O)NC2(CO)CC2)ccc1OC. The zero-order valence-corrected chi connectivity index (χ0v) is 11.2. The van der Waals surface area contributed by atoms with Crippen LogP contribution in [0.25, 0.3) is 0 Å². The molecule has 19 heavy (non-hydrogen) atoms. The zero-order valence-electron chi connectivity index (χ0n) is 11.2. The Hall–Kier alpha value is -1.75. The second-order valence-electron chi connectivity index (χ2n) is 4.69. The van der Waals surface area contributed by atoms with Crippen molar-refractivity contribution < 1.29 is 19.4 Å². The molecule has 1 aliphatic rings. The maximum Gasteiger partial charge on any atom is 0.251 e. The number of hydrogen-bond acceptors (Lipinski definition) is 4. The Kier molecular flexibility index (Phi) is 3.95. The van der Waals surface area contributed by atoms with Gasteiger partial charge in [0.1, 0.15) is 0 Å². The molecule has 0 spiro atoms. The second-order valence-corrected chi connectivity index (χ2v) is 4.69. The number of carbonyl (C=O) groups excluding carboxylic acids is 1. The normalized spacial score (nSPS) is 15.7. The van der Waals surface area contributed by atoms with Crippen LogP contribution in [-0.2, 0) is 0 Å². The fourth-order valence-corrected chi connectivity index (χ4v) is 1.87. The first kappa shape index (κ1) is 13.7. The molecule has 1 saturated carbocycles. The molecular formula is C14H19NO4.